The third-order valence-corrected chi connectivity index (χ3v) is 2.66. The third-order valence-electron chi connectivity index (χ3n) is 2.66. The van der Waals surface area contributed by atoms with Crippen molar-refractivity contribution in [2.75, 3.05) is 13.1 Å². The number of amides is 1. The van der Waals surface area contributed by atoms with Crippen molar-refractivity contribution in [3.8, 4) is 0 Å². The Morgan fingerprint density at radius 2 is 1.79 bits per heavy atom. The van der Waals surface area contributed by atoms with Gasteiger partial charge in [0.25, 0.3) is 0 Å². The van der Waals surface area contributed by atoms with Crippen LogP contribution in [0.25, 0.3) is 0 Å². The summed E-state index contributed by atoms with van der Waals surface area (Å²) in [5, 5.41) is 2.60. The van der Waals surface area contributed by atoms with Crippen molar-refractivity contribution in [1.29, 1.82) is 0 Å². The van der Waals surface area contributed by atoms with E-state index in [1.807, 2.05) is 20.8 Å². The fraction of sp³-hybridized carbons (Fsp3) is 0.900. The maximum Gasteiger partial charge on any atom is 0.407 e. The van der Waals surface area contributed by atoms with Crippen LogP contribution in [-0.2, 0) is 4.74 Å². The van der Waals surface area contributed by atoms with E-state index in [0.717, 1.165) is 19.3 Å². The van der Waals surface area contributed by atoms with Crippen molar-refractivity contribution in [2.24, 2.45) is 5.73 Å². The molecule has 0 saturated heterocycles. The van der Waals surface area contributed by atoms with Gasteiger partial charge < -0.3 is 15.8 Å². The van der Waals surface area contributed by atoms with Gasteiger partial charge in [-0.2, -0.15) is 0 Å². The van der Waals surface area contributed by atoms with E-state index >= 15 is 0 Å². The lowest BCUT2D eigenvalue weighted by Gasteiger charge is -2.30. The number of rotatable bonds is 6. The van der Waals surface area contributed by atoms with Crippen LogP contribution in [0.4, 0.5) is 4.79 Å². The second-order valence-corrected chi connectivity index (χ2v) is 3.35. The fourth-order valence-corrected chi connectivity index (χ4v) is 1.37. The Morgan fingerprint density at radius 1 is 1.29 bits per heavy atom. The van der Waals surface area contributed by atoms with E-state index in [1.54, 1.807) is 0 Å². The molecule has 0 aliphatic rings. The second kappa shape index (κ2) is 6.65. The molecule has 0 aliphatic carbocycles. The summed E-state index contributed by atoms with van der Waals surface area (Å²) in [7, 11) is 0. The maximum atomic E-state index is 11.3. The Kier molecular flexibility index (Phi) is 6.28. The first kappa shape index (κ1) is 13.2. The standard InChI is InChI=1S/C10H22N2O2/c1-4-10(5-2,6-3)14-9(13)12-8-7-11/h4-8,11H2,1-3H3,(H,12,13). The Morgan fingerprint density at radius 3 is 2.14 bits per heavy atom. The Labute approximate surface area is 86.2 Å². The molecule has 84 valence electrons. The number of ether oxygens (including phenoxy) is 1. The normalized spacial score (nSPS) is 11.1. The fourth-order valence-electron chi connectivity index (χ4n) is 1.37. The van der Waals surface area contributed by atoms with Gasteiger partial charge in [-0.1, -0.05) is 20.8 Å². The van der Waals surface area contributed by atoms with Crippen molar-refractivity contribution in [3.63, 3.8) is 0 Å². The van der Waals surface area contributed by atoms with Crippen LogP contribution in [-0.4, -0.2) is 24.8 Å². The van der Waals surface area contributed by atoms with Gasteiger partial charge in [-0.15, -0.1) is 0 Å². The largest absolute Gasteiger partial charge is 0.443 e. The lowest BCUT2D eigenvalue weighted by molar-refractivity contribution is 0.00185. The number of carbonyl (C=O) groups is 1. The van der Waals surface area contributed by atoms with Crippen LogP contribution in [0.15, 0.2) is 0 Å². The van der Waals surface area contributed by atoms with Crippen LogP contribution in [0, 0.1) is 0 Å². The molecule has 0 radical (unpaired) electrons. The molecule has 0 spiro atoms. The monoisotopic (exact) mass is 202 g/mol. The van der Waals surface area contributed by atoms with Crippen molar-refractivity contribution in [3.05, 3.63) is 0 Å². The van der Waals surface area contributed by atoms with E-state index < -0.39 is 0 Å². The Hall–Kier alpha value is -0.770. The van der Waals surface area contributed by atoms with E-state index in [0.29, 0.717) is 13.1 Å². The van der Waals surface area contributed by atoms with Gasteiger partial charge in [0.15, 0.2) is 0 Å². The first-order valence-electron chi connectivity index (χ1n) is 5.31. The van der Waals surface area contributed by atoms with E-state index in [1.165, 1.54) is 0 Å². The minimum absolute atomic E-state index is 0.307. The van der Waals surface area contributed by atoms with Gasteiger partial charge in [-0.25, -0.2) is 4.79 Å². The molecule has 0 atom stereocenters. The molecule has 0 heterocycles. The lowest BCUT2D eigenvalue weighted by Crippen LogP contribution is -2.39. The molecule has 0 bridgehead atoms. The summed E-state index contributed by atoms with van der Waals surface area (Å²) < 4.78 is 5.38. The zero-order valence-corrected chi connectivity index (χ0v) is 9.43. The zero-order valence-electron chi connectivity index (χ0n) is 9.43. The molecule has 0 aromatic carbocycles. The van der Waals surface area contributed by atoms with Crippen LogP contribution < -0.4 is 11.1 Å². The predicted octanol–water partition coefficient (Wildman–Crippen LogP) is 1.64. The van der Waals surface area contributed by atoms with Crippen molar-refractivity contribution >= 4 is 6.09 Å². The van der Waals surface area contributed by atoms with Crippen molar-refractivity contribution in [1.82, 2.24) is 5.32 Å². The quantitative estimate of drug-likeness (QED) is 0.688. The average Bonchev–Trinajstić information content (AvgIpc) is 2.23. The Bertz CT molecular complexity index is 159. The Balaban J connectivity index is 4.08. The molecule has 3 N–H and O–H groups in total. The molecule has 1 amide bonds. The summed E-state index contributed by atoms with van der Waals surface area (Å²) in [6.07, 6.45) is 2.17. The summed E-state index contributed by atoms with van der Waals surface area (Å²) in [5.74, 6) is 0. The first-order chi connectivity index (χ1) is 6.64. The smallest absolute Gasteiger partial charge is 0.407 e. The zero-order chi connectivity index (χ0) is 11.0. The molecule has 0 rings (SSSR count). The molecule has 0 aliphatic heterocycles. The number of alkyl carbamates (subject to hydrolysis) is 1. The first-order valence-corrected chi connectivity index (χ1v) is 5.31. The third kappa shape index (κ3) is 3.96. The van der Waals surface area contributed by atoms with Crippen LogP contribution in [0.3, 0.4) is 0 Å². The van der Waals surface area contributed by atoms with Gasteiger partial charge in [0.1, 0.15) is 5.60 Å². The van der Waals surface area contributed by atoms with Crippen LogP contribution >= 0.6 is 0 Å². The molecule has 0 aromatic heterocycles. The number of nitrogens with one attached hydrogen (secondary N) is 1. The molecular formula is C10H22N2O2. The predicted molar refractivity (Wildman–Crippen MR) is 57.1 cm³/mol. The highest BCUT2D eigenvalue weighted by molar-refractivity contribution is 5.67. The number of hydrogen-bond acceptors (Lipinski definition) is 3. The maximum absolute atomic E-state index is 11.3. The molecule has 0 fully saturated rings. The number of nitrogens with two attached hydrogens (primary N) is 1. The van der Waals surface area contributed by atoms with Gasteiger partial charge in [-0.05, 0) is 19.3 Å². The molecule has 14 heavy (non-hydrogen) atoms. The van der Waals surface area contributed by atoms with E-state index in [2.05, 4.69) is 5.32 Å². The molecule has 0 unspecified atom stereocenters. The summed E-state index contributed by atoms with van der Waals surface area (Å²) >= 11 is 0. The molecule has 0 saturated carbocycles. The van der Waals surface area contributed by atoms with Gasteiger partial charge in [0, 0.05) is 13.1 Å². The summed E-state index contributed by atoms with van der Waals surface area (Å²) in [6.45, 7) is 6.99. The van der Waals surface area contributed by atoms with Crippen LogP contribution in [0.5, 0.6) is 0 Å². The van der Waals surface area contributed by atoms with Gasteiger partial charge in [-0.3, -0.25) is 0 Å². The summed E-state index contributed by atoms with van der Waals surface area (Å²) in [4.78, 5) is 11.3. The number of hydrogen-bond donors (Lipinski definition) is 2. The average molecular weight is 202 g/mol. The van der Waals surface area contributed by atoms with E-state index in [4.69, 9.17) is 10.5 Å². The SMILES string of the molecule is CCC(CC)(CC)OC(=O)NCCN. The van der Waals surface area contributed by atoms with E-state index in [9.17, 15) is 4.79 Å². The topological polar surface area (TPSA) is 64.3 Å². The van der Waals surface area contributed by atoms with Gasteiger partial charge in [0.05, 0.1) is 0 Å². The van der Waals surface area contributed by atoms with Crippen LogP contribution in [0.2, 0.25) is 0 Å². The molecule has 4 nitrogen and oxygen atoms in total. The van der Waals surface area contributed by atoms with Gasteiger partial charge >= 0.3 is 6.09 Å². The molecule has 4 heteroatoms. The van der Waals surface area contributed by atoms with Gasteiger partial charge in [0.2, 0.25) is 0 Å². The molecular weight excluding hydrogens is 180 g/mol. The van der Waals surface area contributed by atoms with Crippen molar-refractivity contribution < 1.29 is 9.53 Å². The summed E-state index contributed by atoms with van der Waals surface area (Å²) in [5.41, 5.74) is 4.96. The van der Waals surface area contributed by atoms with Crippen molar-refractivity contribution in [2.45, 2.75) is 45.6 Å². The number of carbonyl (C=O) groups excluding carboxylic acids is 1. The second-order valence-electron chi connectivity index (χ2n) is 3.35. The minimum Gasteiger partial charge on any atom is -0.443 e. The molecule has 0 aromatic rings. The minimum atomic E-state index is -0.360. The lowest BCUT2D eigenvalue weighted by atomic mass is 9.94. The highest BCUT2D eigenvalue weighted by Gasteiger charge is 2.28. The van der Waals surface area contributed by atoms with Crippen LogP contribution in [0.1, 0.15) is 40.0 Å². The van der Waals surface area contributed by atoms with E-state index in [-0.39, 0.29) is 11.7 Å². The highest BCUT2D eigenvalue weighted by atomic mass is 16.6. The highest BCUT2D eigenvalue weighted by Crippen LogP contribution is 2.24. The summed E-state index contributed by atoms with van der Waals surface area (Å²) in [6, 6.07) is 0.